The Kier molecular flexibility index (Phi) is 5.49. The van der Waals surface area contributed by atoms with E-state index in [0.29, 0.717) is 16.5 Å². The normalized spacial score (nSPS) is 14.0. The molecule has 0 bridgehead atoms. The number of halogens is 1. The second-order valence-electron chi connectivity index (χ2n) is 7.77. The van der Waals surface area contributed by atoms with E-state index in [2.05, 4.69) is 10.1 Å². The minimum absolute atomic E-state index is 0.0556. The fourth-order valence-electron chi connectivity index (χ4n) is 4.02. The Balaban J connectivity index is 1.65. The maximum atomic E-state index is 13.1. The number of ether oxygens (including phenoxy) is 1. The van der Waals surface area contributed by atoms with Crippen LogP contribution >= 0.6 is 11.6 Å². The molecule has 0 spiro atoms. The molecule has 7 nitrogen and oxygen atoms in total. The molecule has 32 heavy (non-hydrogen) atoms. The Morgan fingerprint density at radius 2 is 1.78 bits per heavy atom. The van der Waals surface area contributed by atoms with Gasteiger partial charge < -0.3 is 9.64 Å². The van der Waals surface area contributed by atoms with Gasteiger partial charge in [0, 0.05) is 36.5 Å². The zero-order valence-electron chi connectivity index (χ0n) is 17.7. The minimum Gasteiger partial charge on any atom is -0.497 e. The lowest BCUT2D eigenvalue weighted by Gasteiger charge is -2.25. The number of carbonyl (C=O) groups is 1. The molecule has 0 atom stereocenters. The molecule has 0 unspecified atom stereocenters. The summed E-state index contributed by atoms with van der Waals surface area (Å²) in [6.07, 6.45) is 4.87. The quantitative estimate of drug-likeness (QED) is 0.422. The lowest BCUT2D eigenvalue weighted by atomic mass is 10.1. The molecule has 1 aromatic carbocycles. The third kappa shape index (κ3) is 3.91. The molecule has 0 saturated carbocycles. The van der Waals surface area contributed by atoms with E-state index >= 15 is 0 Å². The maximum Gasteiger partial charge on any atom is 0.274 e. The molecular weight excluding hydrogens is 426 g/mol. The fraction of sp³-hybridized carbons (Fsp3) is 0.250. The Morgan fingerprint density at radius 1 is 1.00 bits per heavy atom. The average Bonchev–Trinajstić information content (AvgIpc) is 3.28. The van der Waals surface area contributed by atoms with Crippen LogP contribution in [0.3, 0.4) is 0 Å². The van der Waals surface area contributed by atoms with Gasteiger partial charge in [0.15, 0.2) is 11.3 Å². The molecule has 5 rings (SSSR count). The van der Waals surface area contributed by atoms with Crippen LogP contribution in [-0.4, -0.2) is 50.6 Å². The summed E-state index contributed by atoms with van der Waals surface area (Å²) >= 11 is 6.16. The number of aromatic nitrogens is 4. The van der Waals surface area contributed by atoms with Crippen LogP contribution in [0.25, 0.3) is 28.2 Å². The number of benzene rings is 1. The Morgan fingerprint density at radius 3 is 2.50 bits per heavy atom. The van der Waals surface area contributed by atoms with E-state index in [9.17, 15) is 4.79 Å². The van der Waals surface area contributed by atoms with Crippen molar-refractivity contribution in [3.8, 4) is 28.3 Å². The molecule has 0 radical (unpaired) electrons. The molecule has 1 fully saturated rings. The molecule has 1 aliphatic rings. The summed E-state index contributed by atoms with van der Waals surface area (Å²) in [5.41, 5.74) is 4.31. The third-order valence-electron chi connectivity index (χ3n) is 5.70. The number of nitrogens with zero attached hydrogens (tertiary/aromatic N) is 5. The predicted octanol–water partition coefficient (Wildman–Crippen LogP) is 4.75. The number of likely N-dealkylation sites (tertiary alicyclic amines) is 1. The van der Waals surface area contributed by atoms with Crippen LogP contribution in [-0.2, 0) is 0 Å². The predicted molar refractivity (Wildman–Crippen MR) is 123 cm³/mol. The molecule has 0 N–H and O–H groups in total. The molecule has 1 amide bonds. The highest BCUT2D eigenvalue weighted by molar-refractivity contribution is 6.29. The van der Waals surface area contributed by atoms with Gasteiger partial charge in [-0.1, -0.05) is 11.6 Å². The second kappa shape index (κ2) is 8.59. The highest BCUT2D eigenvalue weighted by atomic mass is 35.5. The lowest BCUT2D eigenvalue weighted by molar-refractivity contribution is 0.0718. The highest BCUT2D eigenvalue weighted by Crippen LogP contribution is 2.29. The van der Waals surface area contributed by atoms with Crippen LogP contribution in [0, 0.1) is 0 Å². The van der Waals surface area contributed by atoms with Crippen LogP contribution in [0.4, 0.5) is 0 Å². The average molecular weight is 448 g/mol. The van der Waals surface area contributed by atoms with Gasteiger partial charge in [-0.15, -0.1) is 0 Å². The van der Waals surface area contributed by atoms with Gasteiger partial charge in [-0.3, -0.25) is 4.79 Å². The highest BCUT2D eigenvalue weighted by Gasteiger charge is 2.22. The number of hydrogen-bond donors (Lipinski definition) is 0. The van der Waals surface area contributed by atoms with Gasteiger partial charge in [0.05, 0.1) is 18.5 Å². The zero-order chi connectivity index (χ0) is 22.1. The first-order valence-electron chi connectivity index (χ1n) is 10.6. The van der Waals surface area contributed by atoms with E-state index < -0.39 is 0 Å². The van der Waals surface area contributed by atoms with E-state index in [1.54, 1.807) is 30.0 Å². The van der Waals surface area contributed by atoms with Crippen LogP contribution < -0.4 is 4.74 Å². The molecule has 3 aromatic heterocycles. The summed E-state index contributed by atoms with van der Waals surface area (Å²) in [7, 11) is 1.64. The number of methoxy groups -OCH3 is 1. The van der Waals surface area contributed by atoms with Crippen molar-refractivity contribution in [3.05, 3.63) is 65.6 Å². The van der Waals surface area contributed by atoms with Gasteiger partial charge in [-0.25, -0.2) is 14.5 Å². The van der Waals surface area contributed by atoms with Crippen molar-refractivity contribution in [1.82, 2.24) is 24.5 Å². The summed E-state index contributed by atoms with van der Waals surface area (Å²) in [4.78, 5) is 23.8. The van der Waals surface area contributed by atoms with Crippen molar-refractivity contribution in [1.29, 1.82) is 0 Å². The lowest BCUT2D eigenvalue weighted by Crippen LogP contribution is -2.35. The smallest absolute Gasteiger partial charge is 0.274 e. The third-order valence-corrected chi connectivity index (χ3v) is 5.90. The van der Waals surface area contributed by atoms with E-state index in [4.69, 9.17) is 21.3 Å². The Bertz CT molecular complexity index is 1280. The SMILES string of the molecule is COc1ccc(-c2cc(-c3ccnc(Cl)c3)n3nc(C(=O)N4CCCCC4)cc3n2)cc1. The van der Waals surface area contributed by atoms with Crippen molar-refractivity contribution in [2.75, 3.05) is 20.2 Å². The molecule has 1 aliphatic heterocycles. The molecule has 162 valence electrons. The van der Waals surface area contributed by atoms with Gasteiger partial charge in [0.25, 0.3) is 5.91 Å². The van der Waals surface area contributed by atoms with Crippen LogP contribution in [0.15, 0.2) is 54.7 Å². The van der Waals surface area contributed by atoms with Crippen molar-refractivity contribution in [2.24, 2.45) is 0 Å². The molecule has 4 aromatic rings. The van der Waals surface area contributed by atoms with E-state index in [0.717, 1.165) is 60.6 Å². The van der Waals surface area contributed by atoms with E-state index in [1.165, 1.54) is 0 Å². The van der Waals surface area contributed by atoms with Crippen LogP contribution in [0.2, 0.25) is 5.15 Å². The van der Waals surface area contributed by atoms with Crippen LogP contribution in [0.5, 0.6) is 5.75 Å². The van der Waals surface area contributed by atoms with Gasteiger partial charge in [0.2, 0.25) is 0 Å². The molecular formula is C24H22ClN5O2. The summed E-state index contributed by atoms with van der Waals surface area (Å²) in [6.45, 7) is 1.54. The van der Waals surface area contributed by atoms with Crippen LogP contribution in [0.1, 0.15) is 29.8 Å². The standard InChI is InChI=1S/C24H22ClN5O2/c1-32-18-7-5-16(6-8-18)19-14-21(17-9-10-26-22(25)13-17)30-23(27-19)15-20(28-30)24(31)29-11-3-2-4-12-29/h5-10,13-15H,2-4,11-12H2,1H3. The number of pyridine rings is 1. The van der Waals surface area contributed by atoms with Crippen molar-refractivity contribution in [2.45, 2.75) is 19.3 Å². The number of amides is 1. The summed E-state index contributed by atoms with van der Waals surface area (Å²) in [6, 6.07) is 15.1. The fourth-order valence-corrected chi connectivity index (χ4v) is 4.19. The first kappa shape index (κ1) is 20.5. The zero-order valence-corrected chi connectivity index (χ0v) is 18.4. The summed E-state index contributed by atoms with van der Waals surface area (Å²) < 4.78 is 6.97. The number of hydrogen-bond acceptors (Lipinski definition) is 5. The first-order chi connectivity index (χ1) is 15.6. The van der Waals surface area contributed by atoms with Crippen molar-refractivity contribution >= 4 is 23.2 Å². The van der Waals surface area contributed by atoms with Crippen molar-refractivity contribution in [3.63, 3.8) is 0 Å². The van der Waals surface area contributed by atoms with Crippen molar-refractivity contribution < 1.29 is 9.53 Å². The maximum absolute atomic E-state index is 13.1. The largest absolute Gasteiger partial charge is 0.497 e. The molecule has 0 aliphatic carbocycles. The topological polar surface area (TPSA) is 72.6 Å². The summed E-state index contributed by atoms with van der Waals surface area (Å²) in [5.74, 6) is 0.717. The summed E-state index contributed by atoms with van der Waals surface area (Å²) in [5, 5.41) is 5.02. The van der Waals surface area contributed by atoms with Gasteiger partial charge in [-0.05, 0) is 61.7 Å². The number of carbonyl (C=O) groups excluding carboxylic acids is 1. The molecule has 4 heterocycles. The number of piperidine rings is 1. The van der Waals surface area contributed by atoms with Gasteiger partial charge >= 0.3 is 0 Å². The van der Waals surface area contributed by atoms with E-state index in [-0.39, 0.29) is 5.91 Å². The van der Waals surface area contributed by atoms with Gasteiger partial charge in [-0.2, -0.15) is 5.10 Å². The number of fused-ring (bicyclic) bond motifs is 1. The van der Waals surface area contributed by atoms with E-state index in [1.807, 2.05) is 41.3 Å². The molecule has 8 heteroatoms. The molecule has 1 saturated heterocycles. The number of rotatable bonds is 4. The Hall–Kier alpha value is -3.45. The monoisotopic (exact) mass is 447 g/mol. The second-order valence-corrected chi connectivity index (χ2v) is 8.16. The minimum atomic E-state index is -0.0556. The van der Waals surface area contributed by atoms with Gasteiger partial charge in [0.1, 0.15) is 10.9 Å². The first-order valence-corrected chi connectivity index (χ1v) is 11.0. The Labute approximate surface area is 190 Å².